The third-order valence-corrected chi connectivity index (χ3v) is 5.94. The van der Waals surface area contributed by atoms with Gasteiger partial charge in [0.2, 0.25) is 5.91 Å². The van der Waals surface area contributed by atoms with Crippen LogP contribution in [0.15, 0.2) is 40.9 Å². The standard InChI is InChI=1S/C20H20N6O4S/c1-6-9-25-16(27)11-10-21-19(31-5)23-15(11)26(25)13-8-7-12-14(22-13)20(2,18(29)30-4)17(28)24(12)3/h6-8,10H,1,9H2,2-5H3. The molecule has 0 N–H and O–H groups in total. The summed E-state index contributed by atoms with van der Waals surface area (Å²) in [6, 6.07) is 3.36. The lowest BCUT2D eigenvalue weighted by molar-refractivity contribution is -0.150. The predicted octanol–water partition coefficient (Wildman–Crippen LogP) is 1.29. The summed E-state index contributed by atoms with van der Waals surface area (Å²) in [5.74, 6) is -0.816. The molecule has 0 aliphatic carbocycles. The molecule has 4 heterocycles. The van der Waals surface area contributed by atoms with E-state index in [9.17, 15) is 14.4 Å². The number of likely N-dealkylation sites (N-methyl/N-ethyl adjacent to an activating group) is 1. The van der Waals surface area contributed by atoms with Crippen LogP contribution < -0.4 is 10.5 Å². The van der Waals surface area contributed by atoms with E-state index in [1.54, 1.807) is 29.9 Å². The lowest BCUT2D eigenvalue weighted by Gasteiger charge is -2.19. The highest BCUT2D eigenvalue weighted by atomic mass is 32.2. The monoisotopic (exact) mass is 440 g/mol. The maximum atomic E-state index is 13.0. The zero-order valence-electron chi connectivity index (χ0n) is 17.4. The van der Waals surface area contributed by atoms with Gasteiger partial charge in [-0.15, -0.1) is 6.58 Å². The Balaban J connectivity index is 2.04. The Morgan fingerprint density at radius 3 is 2.71 bits per heavy atom. The lowest BCUT2D eigenvalue weighted by Crippen LogP contribution is -2.43. The topological polar surface area (TPSA) is 112 Å². The van der Waals surface area contributed by atoms with Crippen molar-refractivity contribution in [2.45, 2.75) is 24.0 Å². The van der Waals surface area contributed by atoms with Gasteiger partial charge < -0.3 is 9.64 Å². The second kappa shape index (κ2) is 7.34. The van der Waals surface area contributed by atoms with E-state index in [1.807, 2.05) is 6.26 Å². The van der Waals surface area contributed by atoms with E-state index in [2.05, 4.69) is 21.5 Å². The molecule has 4 rings (SSSR count). The second-order valence-electron chi connectivity index (χ2n) is 7.10. The molecule has 11 heteroatoms. The molecular formula is C20H20N6O4S. The van der Waals surface area contributed by atoms with Crippen molar-refractivity contribution in [1.82, 2.24) is 24.3 Å². The van der Waals surface area contributed by atoms with Gasteiger partial charge >= 0.3 is 5.97 Å². The molecule has 3 aromatic heterocycles. The minimum atomic E-state index is -1.60. The maximum absolute atomic E-state index is 13.0. The Labute approximate surface area is 181 Å². The highest BCUT2D eigenvalue weighted by Gasteiger charge is 2.54. The molecule has 0 saturated carbocycles. The van der Waals surface area contributed by atoms with Crippen LogP contribution in [0.25, 0.3) is 16.9 Å². The van der Waals surface area contributed by atoms with E-state index in [1.165, 1.54) is 41.6 Å². The van der Waals surface area contributed by atoms with Crippen molar-refractivity contribution >= 4 is 40.4 Å². The Morgan fingerprint density at radius 2 is 2.06 bits per heavy atom. The molecule has 1 aliphatic rings. The van der Waals surface area contributed by atoms with Gasteiger partial charge in [0.05, 0.1) is 25.0 Å². The third kappa shape index (κ3) is 2.80. The number of anilines is 1. The number of allylic oxidation sites excluding steroid dienone is 1. The number of aromatic nitrogens is 5. The molecule has 160 valence electrons. The molecule has 31 heavy (non-hydrogen) atoms. The Bertz CT molecular complexity index is 1310. The quantitative estimate of drug-likeness (QED) is 0.192. The SMILES string of the molecule is C=CCn1c(=O)c2cnc(SC)nc2n1-c1ccc2c(n1)C(C)(C(=O)OC)C(=O)N2C. The van der Waals surface area contributed by atoms with Gasteiger partial charge in [-0.05, 0) is 25.3 Å². The van der Waals surface area contributed by atoms with Gasteiger partial charge in [-0.1, -0.05) is 17.8 Å². The van der Waals surface area contributed by atoms with E-state index < -0.39 is 17.3 Å². The van der Waals surface area contributed by atoms with Crippen molar-refractivity contribution < 1.29 is 14.3 Å². The molecular weight excluding hydrogens is 420 g/mol. The summed E-state index contributed by atoms with van der Waals surface area (Å²) < 4.78 is 7.89. The number of esters is 1. The summed E-state index contributed by atoms with van der Waals surface area (Å²) in [4.78, 5) is 53.1. The van der Waals surface area contributed by atoms with Crippen molar-refractivity contribution in [3.8, 4) is 5.82 Å². The molecule has 3 aromatic rings. The summed E-state index contributed by atoms with van der Waals surface area (Å²) in [5.41, 5.74) is -0.774. The molecule has 0 aromatic carbocycles. The largest absolute Gasteiger partial charge is 0.468 e. The first-order chi connectivity index (χ1) is 14.8. The van der Waals surface area contributed by atoms with Crippen molar-refractivity contribution in [2.75, 3.05) is 25.3 Å². The number of nitrogens with zero attached hydrogens (tertiary/aromatic N) is 6. The van der Waals surface area contributed by atoms with Crippen molar-refractivity contribution in [3.63, 3.8) is 0 Å². The van der Waals surface area contributed by atoms with Crippen LogP contribution in [0.3, 0.4) is 0 Å². The predicted molar refractivity (Wildman–Crippen MR) is 116 cm³/mol. The van der Waals surface area contributed by atoms with Crippen LogP contribution >= 0.6 is 11.8 Å². The third-order valence-electron chi connectivity index (χ3n) is 5.38. The molecule has 0 spiro atoms. The summed E-state index contributed by atoms with van der Waals surface area (Å²) in [6.45, 7) is 5.41. The highest BCUT2D eigenvalue weighted by molar-refractivity contribution is 7.98. The lowest BCUT2D eigenvalue weighted by atomic mass is 9.87. The van der Waals surface area contributed by atoms with Crippen LogP contribution in [0.4, 0.5) is 5.69 Å². The maximum Gasteiger partial charge on any atom is 0.327 e. The Hall–Kier alpha value is -3.47. The molecule has 1 unspecified atom stereocenters. The van der Waals surface area contributed by atoms with E-state index in [-0.39, 0.29) is 17.8 Å². The molecule has 1 atom stereocenters. The number of carbonyl (C=O) groups excluding carboxylic acids is 2. The first-order valence-electron chi connectivity index (χ1n) is 9.31. The normalized spacial score (nSPS) is 17.8. The van der Waals surface area contributed by atoms with Crippen LogP contribution in [0.2, 0.25) is 0 Å². The molecule has 0 fully saturated rings. The summed E-state index contributed by atoms with van der Waals surface area (Å²) >= 11 is 1.34. The van der Waals surface area contributed by atoms with Gasteiger partial charge in [-0.25, -0.2) is 24.3 Å². The summed E-state index contributed by atoms with van der Waals surface area (Å²) in [7, 11) is 2.80. The highest BCUT2D eigenvalue weighted by Crippen LogP contribution is 2.41. The summed E-state index contributed by atoms with van der Waals surface area (Å²) in [6.07, 6.45) is 4.90. The zero-order valence-corrected chi connectivity index (χ0v) is 18.3. The van der Waals surface area contributed by atoms with Crippen LogP contribution in [0.1, 0.15) is 12.6 Å². The molecule has 10 nitrogen and oxygen atoms in total. The van der Waals surface area contributed by atoms with Gasteiger partial charge in [0.1, 0.15) is 5.39 Å². The molecule has 0 saturated heterocycles. The molecule has 1 aliphatic heterocycles. The van der Waals surface area contributed by atoms with Crippen molar-refractivity contribution in [2.24, 2.45) is 0 Å². The number of hydrogen-bond acceptors (Lipinski definition) is 8. The van der Waals surface area contributed by atoms with E-state index in [4.69, 9.17) is 4.74 Å². The number of ether oxygens (including phenoxy) is 1. The van der Waals surface area contributed by atoms with Crippen LogP contribution in [-0.4, -0.2) is 56.6 Å². The molecule has 0 radical (unpaired) electrons. The van der Waals surface area contributed by atoms with E-state index in [0.29, 0.717) is 27.7 Å². The van der Waals surface area contributed by atoms with Gasteiger partial charge in [0.15, 0.2) is 22.0 Å². The molecule has 0 bridgehead atoms. The minimum Gasteiger partial charge on any atom is -0.468 e. The fraction of sp³-hybridized carbons (Fsp3) is 0.300. The molecule has 1 amide bonds. The Morgan fingerprint density at radius 1 is 1.32 bits per heavy atom. The fourth-order valence-corrected chi connectivity index (χ4v) is 4.10. The number of methoxy groups -OCH3 is 1. The number of thioether (sulfide) groups is 1. The first-order valence-corrected chi connectivity index (χ1v) is 10.5. The first kappa shape index (κ1) is 20.8. The smallest absolute Gasteiger partial charge is 0.327 e. The van der Waals surface area contributed by atoms with Crippen LogP contribution in [-0.2, 0) is 26.3 Å². The number of amides is 1. The number of rotatable bonds is 5. The van der Waals surface area contributed by atoms with Gasteiger partial charge in [0.25, 0.3) is 5.56 Å². The van der Waals surface area contributed by atoms with Crippen molar-refractivity contribution in [3.05, 3.63) is 47.0 Å². The number of pyridine rings is 1. The second-order valence-corrected chi connectivity index (χ2v) is 7.87. The minimum absolute atomic E-state index is 0.204. The van der Waals surface area contributed by atoms with Crippen molar-refractivity contribution in [1.29, 1.82) is 0 Å². The van der Waals surface area contributed by atoms with Gasteiger partial charge in [-0.3, -0.25) is 14.4 Å². The number of fused-ring (bicyclic) bond motifs is 2. The van der Waals surface area contributed by atoms with Gasteiger partial charge in [-0.2, -0.15) is 0 Å². The van der Waals surface area contributed by atoms with Gasteiger partial charge in [0, 0.05) is 13.2 Å². The van der Waals surface area contributed by atoms with Crippen LogP contribution in [0.5, 0.6) is 0 Å². The summed E-state index contributed by atoms with van der Waals surface area (Å²) in [5, 5.41) is 0.818. The number of hydrogen-bond donors (Lipinski definition) is 0. The average molecular weight is 440 g/mol. The average Bonchev–Trinajstić information content (AvgIpc) is 3.17. The van der Waals surface area contributed by atoms with Crippen LogP contribution in [0, 0.1) is 0 Å². The fourth-order valence-electron chi connectivity index (χ4n) is 3.76. The zero-order chi connectivity index (χ0) is 22.5. The van der Waals surface area contributed by atoms with E-state index >= 15 is 0 Å². The Kier molecular flexibility index (Phi) is 4.92. The number of carbonyl (C=O) groups is 2. The van der Waals surface area contributed by atoms with E-state index in [0.717, 1.165) is 0 Å².